The molecule has 2 heterocycles. The number of rotatable bonds is 10. The van der Waals surface area contributed by atoms with Gasteiger partial charge in [0.05, 0.1) is 42.6 Å². The summed E-state index contributed by atoms with van der Waals surface area (Å²) >= 11 is 25.6. The monoisotopic (exact) mass is 958 g/mol. The lowest BCUT2D eigenvalue weighted by atomic mass is 10.00. The maximum atomic E-state index is 13.9. The molecule has 0 aliphatic heterocycles. The summed E-state index contributed by atoms with van der Waals surface area (Å²) < 4.78 is 70.7. The van der Waals surface area contributed by atoms with Crippen LogP contribution in [0.4, 0.5) is 0 Å². The standard InChI is InChI=1S/C42H38Cl4N6O8S2/c1-24-11-14-28(61(55,56)57)8-3-2-4-9-31-37(49-51(39(24)31)35-17-12-26(43)22-33(35)45)41(53)47-19-6-20-48-42(54)38-32-10-5-7-25-21-29(62(58,59)60)15-16-30(25)40(32)52(50-38)36-18-13-27(44)23-34(36)46/h8,11-18,21-23H,1-7,9-10,19-20H2,(H,47,53)(H,48,54)(H,55,56,57)(H,58,59,60)/b14-11-,28-8+. The summed E-state index contributed by atoms with van der Waals surface area (Å²) in [5, 5.41) is 16.5. The summed E-state index contributed by atoms with van der Waals surface area (Å²) in [4.78, 5) is 27.3. The van der Waals surface area contributed by atoms with Crippen molar-refractivity contribution >= 4 is 84.0 Å². The van der Waals surface area contributed by atoms with E-state index in [1.54, 1.807) is 41.1 Å². The Morgan fingerprint density at radius 1 is 0.694 bits per heavy atom. The van der Waals surface area contributed by atoms with Crippen LogP contribution in [0.2, 0.25) is 20.1 Å². The van der Waals surface area contributed by atoms with E-state index in [2.05, 4.69) is 22.3 Å². The summed E-state index contributed by atoms with van der Waals surface area (Å²) in [6, 6.07) is 13.9. The van der Waals surface area contributed by atoms with Gasteiger partial charge in [0.2, 0.25) is 0 Å². The Morgan fingerprint density at radius 2 is 1.26 bits per heavy atom. The van der Waals surface area contributed by atoms with Gasteiger partial charge in [-0.1, -0.05) is 71.2 Å². The number of allylic oxidation sites excluding steroid dienone is 4. The van der Waals surface area contributed by atoms with E-state index in [9.17, 15) is 35.5 Å². The number of hydrogen-bond acceptors (Lipinski definition) is 8. The van der Waals surface area contributed by atoms with Gasteiger partial charge in [-0.15, -0.1) is 0 Å². The normalized spacial score (nSPS) is 15.8. The molecule has 2 amide bonds. The van der Waals surface area contributed by atoms with E-state index in [0.29, 0.717) is 112 Å². The minimum Gasteiger partial charge on any atom is -0.351 e. The molecule has 2 aromatic heterocycles. The molecule has 0 unspecified atom stereocenters. The number of hydrogen-bond donors (Lipinski definition) is 4. The van der Waals surface area contributed by atoms with E-state index >= 15 is 0 Å². The van der Waals surface area contributed by atoms with Crippen LogP contribution in [0.15, 0.2) is 89.2 Å². The molecule has 0 saturated carbocycles. The molecular formula is C42H38Cl4N6O8S2. The first-order valence-corrected chi connectivity index (χ1v) is 23.7. The van der Waals surface area contributed by atoms with Gasteiger partial charge in [-0.05, 0) is 117 Å². The largest absolute Gasteiger partial charge is 0.351 e. The lowest BCUT2D eigenvalue weighted by Gasteiger charge is -2.13. The zero-order chi connectivity index (χ0) is 44.5. The van der Waals surface area contributed by atoms with Crippen molar-refractivity contribution in [2.24, 2.45) is 0 Å². The molecule has 0 bridgehead atoms. The van der Waals surface area contributed by atoms with Crippen LogP contribution in [0.25, 0.3) is 28.2 Å². The predicted octanol–water partition coefficient (Wildman–Crippen LogP) is 8.69. The SMILES string of the molecule is C=C1/C=C\C(S(=O)(=O)O)=C/CCCCc2c(C(=O)NCCCNC(=O)c3nn(-c4ccc(Cl)cc4Cl)c4c3CCCc3cc(S(=O)(=O)O)ccc3-4)nn(-c3ccc(Cl)cc3Cl)c21. The van der Waals surface area contributed by atoms with Gasteiger partial charge in [0, 0.05) is 39.8 Å². The maximum Gasteiger partial charge on any atom is 0.294 e. The number of carbonyl (C=O) groups is 2. The third-order valence-electron chi connectivity index (χ3n) is 10.4. The Labute approximate surface area is 377 Å². The van der Waals surface area contributed by atoms with Crippen molar-refractivity contribution in [3.63, 3.8) is 0 Å². The molecule has 0 spiro atoms. The minimum absolute atomic E-state index is 0.102. The number of fused-ring (bicyclic) bond motifs is 4. The summed E-state index contributed by atoms with van der Waals surface area (Å²) in [6.07, 6.45) is 7.70. The molecule has 14 nitrogen and oxygen atoms in total. The fourth-order valence-corrected chi connectivity index (χ4v) is 9.57. The van der Waals surface area contributed by atoms with Gasteiger partial charge in [-0.3, -0.25) is 18.7 Å². The van der Waals surface area contributed by atoms with Gasteiger partial charge >= 0.3 is 0 Å². The van der Waals surface area contributed by atoms with Crippen LogP contribution in [0.5, 0.6) is 0 Å². The number of nitrogens with one attached hydrogen (secondary N) is 2. The third kappa shape index (κ3) is 9.72. The number of benzene rings is 3. The third-order valence-corrected chi connectivity index (χ3v) is 13.2. The van der Waals surface area contributed by atoms with Gasteiger partial charge in [0.15, 0.2) is 11.4 Å². The second-order valence-electron chi connectivity index (χ2n) is 14.6. The number of aromatic nitrogens is 4. The minimum atomic E-state index is -4.51. The molecule has 2 aliphatic carbocycles. The topological polar surface area (TPSA) is 203 Å². The first-order chi connectivity index (χ1) is 29.4. The Balaban J connectivity index is 1.12. The smallest absolute Gasteiger partial charge is 0.294 e. The van der Waals surface area contributed by atoms with Crippen molar-refractivity contribution < 1.29 is 35.5 Å². The van der Waals surface area contributed by atoms with Crippen LogP contribution in [0, 0.1) is 0 Å². The lowest BCUT2D eigenvalue weighted by molar-refractivity contribution is 0.0945. The average molecular weight is 961 g/mol. The fourth-order valence-electron chi connectivity index (χ4n) is 7.50. The van der Waals surface area contributed by atoms with Crippen LogP contribution in [0.1, 0.15) is 75.5 Å². The summed E-state index contributed by atoms with van der Waals surface area (Å²) in [5.74, 6) is -0.977. The molecule has 2 aliphatic rings. The van der Waals surface area contributed by atoms with E-state index in [1.807, 2.05) is 0 Å². The van der Waals surface area contributed by atoms with Crippen molar-refractivity contribution in [2.75, 3.05) is 13.1 Å². The molecule has 62 heavy (non-hydrogen) atoms. The molecule has 324 valence electrons. The first kappa shape index (κ1) is 45.3. The molecule has 7 rings (SSSR count). The van der Waals surface area contributed by atoms with E-state index in [4.69, 9.17) is 51.5 Å². The first-order valence-electron chi connectivity index (χ1n) is 19.3. The highest BCUT2D eigenvalue weighted by Gasteiger charge is 2.30. The zero-order valence-corrected chi connectivity index (χ0v) is 37.3. The number of amides is 2. The van der Waals surface area contributed by atoms with Crippen molar-refractivity contribution in [2.45, 2.75) is 56.3 Å². The van der Waals surface area contributed by atoms with Crippen LogP contribution < -0.4 is 10.6 Å². The quantitative estimate of drug-likeness (QED) is 0.0775. The highest BCUT2D eigenvalue weighted by molar-refractivity contribution is 7.90. The molecular weight excluding hydrogens is 922 g/mol. The molecule has 0 fully saturated rings. The Morgan fingerprint density at radius 3 is 1.82 bits per heavy atom. The Hall–Kier alpha value is -4.78. The van der Waals surface area contributed by atoms with E-state index in [-0.39, 0.29) is 44.3 Å². The maximum absolute atomic E-state index is 13.9. The van der Waals surface area contributed by atoms with Crippen molar-refractivity contribution in [1.29, 1.82) is 0 Å². The molecule has 5 aromatic rings. The number of nitrogens with zero attached hydrogens (tertiary/aromatic N) is 4. The predicted molar refractivity (Wildman–Crippen MR) is 239 cm³/mol. The molecule has 0 radical (unpaired) electrons. The van der Waals surface area contributed by atoms with E-state index < -0.39 is 32.1 Å². The van der Waals surface area contributed by atoms with Crippen molar-refractivity contribution in [3.8, 4) is 22.6 Å². The second-order valence-corrected chi connectivity index (χ2v) is 19.1. The zero-order valence-electron chi connectivity index (χ0n) is 32.7. The highest BCUT2D eigenvalue weighted by Crippen LogP contribution is 2.39. The lowest BCUT2D eigenvalue weighted by Crippen LogP contribution is -2.31. The summed E-state index contributed by atoms with van der Waals surface area (Å²) in [7, 11) is -8.98. The number of carbonyl (C=O) groups excluding carboxylic acids is 2. The van der Waals surface area contributed by atoms with Crippen molar-refractivity contribution in [1.82, 2.24) is 30.2 Å². The van der Waals surface area contributed by atoms with Crippen LogP contribution in [-0.4, -0.2) is 70.4 Å². The highest BCUT2D eigenvalue weighted by atomic mass is 35.5. The fraction of sp³-hybridized carbons (Fsp3) is 0.238. The molecule has 0 atom stereocenters. The summed E-state index contributed by atoms with van der Waals surface area (Å²) in [5.41, 5.74) is 4.80. The van der Waals surface area contributed by atoms with Gasteiger partial charge in [0.25, 0.3) is 32.1 Å². The van der Waals surface area contributed by atoms with Crippen LogP contribution in [-0.2, 0) is 39.5 Å². The Bertz CT molecular complexity index is 2940. The van der Waals surface area contributed by atoms with Gasteiger partial charge in [0.1, 0.15) is 0 Å². The van der Waals surface area contributed by atoms with Crippen LogP contribution in [0.3, 0.4) is 0 Å². The van der Waals surface area contributed by atoms with Gasteiger partial charge in [-0.2, -0.15) is 27.0 Å². The Kier molecular flexibility index (Phi) is 13.5. The molecule has 3 aromatic carbocycles. The van der Waals surface area contributed by atoms with Gasteiger partial charge < -0.3 is 10.6 Å². The van der Waals surface area contributed by atoms with Crippen molar-refractivity contribution in [3.05, 3.63) is 138 Å². The molecule has 4 N–H and O–H groups in total. The average Bonchev–Trinajstić information content (AvgIpc) is 3.69. The summed E-state index contributed by atoms with van der Waals surface area (Å²) in [6.45, 7) is 4.44. The second kappa shape index (κ2) is 18.5. The molecule has 0 saturated heterocycles. The number of halogens is 4. The van der Waals surface area contributed by atoms with E-state index in [1.165, 1.54) is 41.1 Å². The number of aryl methyl sites for hydroxylation is 1. The van der Waals surface area contributed by atoms with Gasteiger partial charge in [-0.25, -0.2) is 9.36 Å². The molecule has 20 heteroatoms. The van der Waals surface area contributed by atoms with E-state index in [0.717, 1.165) is 0 Å². The van der Waals surface area contributed by atoms with Crippen LogP contribution >= 0.6 is 46.4 Å².